The third-order valence-corrected chi connectivity index (χ3v) is 2.62. The average Bonchev–Trinajstić information content (AvgIpc) is 2.97. The van der Waals surface area contributed by atoms with Crippen molar-refractivity contribution in [3.05, 3.63) is 5.89 Å². The van der Waals surface area contributed by atoms with Crippen molar-refractivity contribution >= 4 is 11.9 Å². The quantitative estimate of drug-likeness (QED) is 0.645. The van der Waals surface area contributed by atoms with Crippen molar-refractivity contribution in [1.29, 1.82) is 0 Å². The number of rotatable bonds is 6. The molecule has 0 radical (unpaired) electrons. The fourth-order valence-corrected chi connectivity index (χ4v) is 1.22. The predicted octanol–water partition coefficient (Wildman–Crippen LogP) is -0.00260. The normalized spacial score (nSPS) is 15.9. The second kappa shape index (κ2) is 4.33. The zero-order valence-electron chi connectivity index (χ0n) is 9.99. The molecular weight excluding hydrogens is 222 g/mol. The Morgan fingerprint density at radius 1 is 1.53 bits per heavy atom. The van der Waals surface area contributed by atoms with Gasteiger partial charge in [-0.05, 0) is 26.7 Å². The third kappa shape index (κ3) is 3.16. The first kappa shape index (κ1) is 11.8. The van der Waals surface area contributed by atoms with Crippen molar-refractivity contribution in [2.24, 2.45) is 5.73 Å². The van der Waals surface area contributed by atoms with Gasteiger partial charge in [0.05, 0.1) is 6.54 Å². The fourth-order valence-electron chi connectivity index (χ4n) is 1.22. The topological polar surface area (TPSA) is 106 Å². The molecule has 1 aromatic heterocycles. The molecule has 4 N–H and O–H groups in total. The molecule has 1 aliphatic carbocycles. The van der Waals surface area contributed by atoms with Gasteiger partial charge in [0, 0.05) is 6.04 Å². The highest BCUT2D eigenvalue weighted by Crippen LogP contribution is 2.19. The average molecular weight is 239 g/mol. The van der Waals surface area contributed by atoms with Crippen LogP contribution in [0.5, 0.6) is 0 Å². The van der Waals surface area contributed by atoms with Crippen molar-refractivity contribution in [2.45, 2.75) is 44.8 Å². The number of carbonyl (C=O) groups is 1. The summed E-state index contributed by atoms with van der Waals surface area (Å²) in [5.41, 5.74) is 4.32. The van der Waals surface area contributed by atoms with Gasteiger partial charge in [0.25, 0.3) is 0 Å². The Kier molecular flexibility index (Phi) is 3.01. The van der Waals surface area contributed by atoms with Crippen molar-refractivity contribution in [3.63, 3.8) is 0 Å². The molecule has 1 amide bonds. The predicted molar refractivity (Wildman–Crippen MR) is 61.1 cm³/mol. The minimum Gasteiger partial charge on any atom is -0.407 e. The van der Waals surface area contributed by atoms with E-state index in [2.05, 4.69) is 20.8 Å². The van der Waals surface area contributed by atoms with Gasteiger partial charge >= 0.3 is 6.01 Å². The second-order valence-corrected chi connectivity index (χ2v) is 4.77. The number of hydrogen-bond donors (Lipinski definition) is 3. The van der Waals surface area contributed by atoms with Gasteiger partial charge < -0.3 is 20.8 Å². The molecule has 2 rings (SSSR count). The van der Waals surface area contributed by atoms with Crippen LogP contribution in [-0.4, -0.2) is 27.7 Å². The molecule has 0 bridgehead atoms. The molecule has 0 aromatic carbocycles. The van der Waals surface area contributed by atoms with Crippen molar-refractivity contribution in [2.75, 3.05) is 5.32 Å². The first-order chi connectivity index (χ1) is 7.97. The van der Waals surface area contributed by atoms with E-state index in [9.17, 15) is 4.79 Å². The van der Waals surface area contributed by atoms with E-state index in [-0.39, 0.29) is 6.01 Å². The van der Waals surface area contributed by atoms with E-state index >= 15 is 0 Å². The van der Waals surface area contributed by atoms with Gasteiger partial charge in [-0.25, -0.2) is 0 Å². The van der Waals surface area contributed by atoms with Crippen LogP contribution in [0.1, 0.15) is 32.6 Å². The van der Waals surface area contributed by atoms with E-state index in [1.807, 2.05) is 0 Å². The highest BCUT2D eigenvalue weighted by Gasteiger charge is 2.27. The Labute approximate surface area is 99.1 Å². The van der Waals surface area contributed by atoms with E-state index in [1.54, 1.807) is 13.8 Å². The lowest BCUT2D eigenvalue weighted by Crippen LogP contribution is -2.45. The maximum atomic E-state index is 11.1. The monoisotopic (exact) mass is 239 g/mol. The Bertz CT molecular complexity index is 411. The van der Waals surface area contributed by atoms with Gasteiger partial charge in [0.1, 0.15) is 5.54 Å². The number of nitrogens with two attached hydrogens (primary N) is 1. The molecule has 1 saturated carbocycles. The smallest absolute Gasteiger partial charge is 0.316 e. The lowest BCUT2D eigenvalue weighted by Gasteiger charge is -2.20. The summed E-state index contributed by atoms with van der Waals surface area (Å²) in [6.07, 6.45) is 2.40. The summed E-state index contributed by atoms with van der Waals surface area (Å²) < 4.78 is 5.34. The van der Waals surface area contributed by atoms with Crippen molar-refractivity contribution < 1.29 is 9.21 Å². The summed E-state index contributed by atoms with van der Waals surface area (Å²) in [6, 6.07) is 0.793. The van der Waals surface area contributed by atoms with Crippen LogP contribution in [0.4, 0.5) is 6.01 Å². The van der Waals surface area contributed by atoms with E-state index in [1.165, 1.54) is 12.8 Å². The maximum absolute atomic E-state index is 11.1. The standard InChI is InChI=1S/C10H17N5O2/c1-10(2,8(11)16)13-9-15-14-7(17-9)5-12-6-3-4-6/h6,12H,3-5H2,1-2H3,(H2,11,16)(H,13,15). The largest absolute Gasteiger partial charge is 0.407 e. The number of hydrogen-bond acceptors (Lipinski definition) is 6. The lowest BCUT2D eigenvalue weighted by molar-refractivity contribution is -0.121. The molecule has 0 saturated heterocycles. The third-order valence-electron chi connectivity index (χ3n) is 2.62. The summed E-state index contributed by atoms with van der Waals surface area (Å²) in [5, 5.41) is 13.7. The van der Waals surface area contributed by atoms with E-state index in [0.29, 0.717) is 18.5 Å². The molecule has 1 aromatic rings. The molecule has 7 heteroatoms. The number of carbonyl (C=O) groups excluding carboxylic acids is 1. The highest BCUT2D eigenvalue weighted by atomic mass is 16.4. The molecule has 1 heterocycles. The number of aromatic nitrogens is 2. The van der Waals surface area contributed by atoms with E-state index in [0.717, 1.165) is 0 Å². The van der Waals surface area contributed by atoms with E-state index in [4.69, 9.17) is 10.2 Å². The molecule has 17 heavy (non-hydrogen) atoms. The molecule has 0 aliphatic heterocycles. The molecular formula is C10H17N5O2. The summed E-state index contributed by atoms with van der Waals surface area (Å²) in [6.45, 7) is 3.86. The number of nitrogens with zero attached hydrogens (tertiary/aromatic N) is 2. The van der Waals surface area contributed by atoms with Crippen LogP contribution in [0.25, 0.3) is 0 Å². The second-order valence-electron chi connectivity index (χ2n) is 4.77. The van der Waals surface area contributed by atoms with Gasteiger partial charge in [-0.1, -0.05) is 5.10 Å². The lowest BCUT2D eigenvalue weighted by atomic mass is 10.1. The Balaban J connectivity index is 1.90. The molecule has 0 unspecified atom stereocenters. The van der Waals surface area contributed by atoms with Crippen molar-refractivity contribution in [1.82, 2.24) is 15.5 Å². The molecule has 7 nitrogen and oxygen atoms in total. The molecule has 1 aliphatic rings. The summed E-state index contributed by atoms with van der Waals surface area (Å²) >= 11 is 0. The summed E-state index contributed by atoms with van der Waals surface area (Å²) in [5.74, 6) is 0.0213. The van der Waals surface area contributed by atoms with Crippen LogP contribution >= 0.6 is 0 Å². The van der Waals surface area contributed by atoms with Crippen LogP contribution in [-0.2, 0) is 11.3 Å². The van der Waals surface area contributed by atoms with Gasteiger partial charge in [-0.3, -0.25) is 4.79 Å². The summed E-state index contributed by atoms with van der Waals surface area (Å²) in [4.78, 5) is 11.1. The first-order valence-corrected chi connectivity index (χ1v) is 5.61. The van der Waals surface area contributed by atoms with Crippen LogP contribution in [0.2, 0.25) is 0 Å². The van der Waals surface area contributed by atoms with Crippen LogP contribution in [0, 0.1) is 0 Å². The Hall–Kier alpha value is -1.63. The van der Waals surface area contributed by atoms with Gasteiger partial charge in [-0.15, -0.1) is 5.10 Å². The Morgan fingerprint density at radius 2 is 2.24 bits per heavy atom. The summed E-state index contributed by atoms with van der Waals surface area (Å²) in [7, 11) is 0. The van der Waals surface area contributed by atoms with Crippen LogP contribution in [0.15, 0.2) is 4.42 Å². The zero-order valence-corrected chi connectivity index (χ0v) is 9.99. The van der Waals surface area contributed by atoms with Crippen molar-refractivity contribution in [3.8, 4) is 0 Å². The molecule has 0 spiro atoms. The number of primary amides is 1. The Morgan fingerprint density at radius 3 is 2.82 bits per heavy atom. The fraction of sp³-hybridized carbons (Fsp3) is 0.700. The minimum atomic E-state index is -0.909. The highest BCUT2D eigenvalue weighted by molar-refractivity contribution is 5.86. The SMILES string of the molecule is CC(C)(Nc1nnc(CNC2CC2)o1)C(N)=O. The minimum absolute atomic E-state index is 0.210. The van der Waals surface area contributed by atoms with Gasteiger partial charge in [-0.2, -0.15) is 0 Å². The van der Waals surface area contributed by atoms with E-state index < -0.39 is 11.4 Å². The first-order valence-electron chi connectivity index (χ1n) is 5.61. The molecule has 0 atom stereocenters. The van der Waals surface area contributed by atoms with Crippen LogP contribution < -0.4 is 16.4 Å². The van der Waals surface area contributed by atoms with Gasteiger partial charge in [0.15, 0.2) is 0 Å². The number of anilines is 1. The number of nitrogens with one attached hydrogen (secondary N) is 2. The maximum Gasteiger partial charge on any atom is 0.316 e. The van der Waals surface area contributed by atoms with Gasteiger partial charge in [0.2, 0.25) is 11.8 Å². The molecule has 94 valence electrons. The molecule has 1 fully saturated rings. The number of amides is 1. The zero-order chi connectivity index (χ0) is 12.5. The van der Waals surface area contributed by atoms with Crippen LogP contribution in [0.3, 0.4) is 0 Å².